The molecule has 9 heavy (non-hydrogen) atoms. The molecule has 0 radical (unpaired) electrons. The molecule has 1 aliphatic carbocycles. The molecule has 0 nitrogen and oxygen atoms in total. The van der Waals surface area contributed by atoms with Crippen molar-refractivity contribution in [2.45, 2.75) is 27.2 Å². The standard InChI is InChI=1S/C8H11.Na/c1-6-4-5-7(2)8(6)3;/h4H2,1-3H3;/q-1;+1. The van der Waals surface area contributed by atoms with E-state index in [4.69, 9.17) is 0 Å². The molecule has 44 valence electrons. The Labute approximate surface area is 79.3 Å². The SMILES string of the molecule is CC1=[C-]CC(C)=C1C.[Na+]. The Balaban J connectivity index is 0.000000640. The van der Waals surface area contributed by atoms with Gasteiger partial charge in [-0.1, -0.05) is 13.8 Å². The minimum absolute atomic E-state index is 0. The molecule has 1 heteroatoms. The van der Waals surface area contributed by atoms with Gasteiger partial charge in [0.05, 0.1) is 0 Å². The van der Waals surface area contributed by atoms with Crippen LogP contribution in [0.1, 0.15) is 27.2 Å². The second kappa shape index (κ2) is 3.60. The van der Waals surface area contributed by atoms with Crippen molar-refractivity contribution in [3.63, 3.8) is 0 Å². The molecular weight excluding hydrogens is 119 g/mol. The van der Waals surface area contributed by atoms with Crippen molar-refractivity contribution >= 4 is 0 Å². The molecule has 0 fully saturated rings. The van der Waals surface area contributed by atoms with E-state index in [1.165, 1.54) is 16.7 Å². The van der Waals surface area contributed by atoms with E-state index in [1.54, 1.807) is 0 Å². The summed E-state index contributed by atoms with van der Waals surface area (Å²) in [5.41, 5.74) is 4.25. The van der Waals surface area contributed by atoms with Crippen LogP contribution < -0.4 is 29.6 Å². The quantitative estimate of drug-likeness (QED) is 0.306. The Kier molecular flexibility index (Phi) is 3.79. The average molecular weight is 130 g/mol. The summed E-state index contributed by atoms with van der Waals surface area (Å²) in [6.07, 6.45) is 4.31. The molecule has 0 heterocycles. The van der Waals surface area contributed by atoms with Gasteiger partial charge in [-0.3, -0.25) is 6.08 Å². The second-order valence-corrected chi connectivity index (χ2v) is 2.38. The smallest absolute Gasteiger partial charge is 0.269 e. The third kappa shape index (κ3) is 1.96. The largest absolute Gasteiger partial charge is 1.00 e. The molecule has 0 saturated heterocycles. The summed E-state index contributed by atoms with van der Waals surface area (Å²) < 4.78 is 0. The molecule has 0 aromatic carbocycles. The predicted octanol–water partition coefficient (Wildman–Crippen LogP) is -0.520. The van der Waals surface area contributed by atoms with Gasteiger partial charge in [-0.05, 0) is 0 Å². The summed E-state index contributed by atoms with van der Waals surface area (Å²) in [6.45, 7) is 6.44. The summed E-state index contributed by atoms with van der Waals surface area (Å²) in [5.74, 6) is 0. The van der Waals surface area contributed by atoms with Crippen molar-refractivity contribution in [3.8, 4) is 0 Å². The molecule has 0 bridgehead atoms. The van der Waals surface area contributed by atoms with Crippen LogP contribution in [0.3, 0.4) is 0 Å². The Bertz CT molecular complexity index is 158. The van der Waals surface area contributed by atoms with Gasteiger partial charge in [-0.15, -0.1) is 13.3 Å². The first-order valence-electron chi connectivity index (χ1n) is 2.96. The van der Waals surface area contributed by atoms with E-state index in [1.807, 2.05) is 0 Å². The van der Waals surface area contributed by atoms with Crippen molar-refractivity contribution in [1.82, 2.24) is 0 Å². The van der Waals surface area contributed by atoms with Crippen LogP contribution >= 0.6 is 0 Å². The molecule has 0 atom stereocenters. The van der Waals surface area contributed by atoms with Gasteiger partial charge in [0.2, 0.25) is 0 Å². The van der Waals surface area contributed by atoms with Gasteiger partial charge in [0.25, 0.3) is 0 Å². The molecule has 0 amide bonds. The Morgan fingerprint density at radius 2 is 1.78 bits per heavy atom. The van der Waals surface area contributed by atoms with Crippen LogP contribution in [0.15, 0.2) is 16.7 Å². The fourth-order valence-electron chi connectivity index (χ4n) is 0.850. The normalized spacial score (nSPS) is 17.4. The summed E-state index contributed by atoms with van der Waals surface area (Å²) in [6, 6.07) is 0. The van der Waals surface area contributed by atoms with Gasteiger partial charge < -0.3 is 0 Å². The van der Waals surface area contributed by atoms with Crippen LogP contribution in [-0.2, 0) is 0 Å². The zero-order valence-electron chi connectivity index (χ0n) is 6.71. The number of allylic oxidation sites excluding steroid dienone is 4. The van der Waals surface area contributed by atoms with Crippen LogP contribution in [0.2, 0.25) is 0 Å². The average Bonchev–Trinajstić information content (AvgIpc) is 1.98. The second-order valence-electron chi connectivity index (χ2n) is 2.38. The molecule has 0 unspecified atom stereocenters. The number of hydrogen-bond acceptors (Lipinski definition) is 0. The van der Waals surface area contributed by atoms with Gasteiger partial charge in [-0.25, -0.2) is 5.57 Å². The van der Waals surface area contributed by atoms with Gasteiger partial charge in [-0.2, -0.15) is 11.1 Å². The first-order valence-corrected chi connectivity index (χ1v) is 2.96. The van der Waals surface area contributed by atoms with E-state index < -0.39 is 0 Å². The molecule has 0 aromatic rings. The van der Waals surface area contributed by atoms with E-state index in [0.29, 0.717) is 0 Å². The Morgan fingerprint density at radius 3 is 1.89 bits per heavy atom. The van der Waals surface area contributed by atoms with Gasteiger partial charge >= 0.3 is 29.6 Å². The van der Waals surface area contributed by atoms with E-state index >= 15 is 0 Å². The Morgan fingerprint density at radius 1 is 1.22 bits per heavy atom. The van der Waals surface area contributed by atoms with Crippen LogP contribution in [0.5, 0.6) is 0 Å². The maximum atomic E-state index is 3.26. The first kappa shape index (κ1) is 9.48. The minimum atomic E-state index is 0. The van der Waals surface area contributed by atoms with Crippen LogP contribution in [0.4, 0.5) is 0 Å². The van der Waals surface area contributed by atoms with Gasteiger partial charge in [0, 0.05) is 0 Å². The van der Waals surface area contributed by atoms with E-state index in [-0.39, 0.29) is 29.6 Å². The van der Waals surface area contributed by atoms with Crippen LogP contribution in [-0.4, -0.2) is 0 Å². The molecule has 1 rings (SSSR count). The monoisotopic (exact) mass is 130 g/mol. The summed E-state index contributed by atoms with van der Waals surface area (Å²) in [7, 11) is 0. The zero-order chi connectivity index (χ0) is 6.15. The maximum absolute atomic E-state index is 3.26. The van der Waals surface area contributed by atoms with Crippen LogP contribution in [0.25, 0.3) is 0 Å². The van der Waals surface area contributed by atoms with Crippen molar-refractivity contribution < 1.29 is 29.6 Å². The first-order chi connectivity index (χ1) is 3.72. The molecule has 0 N–H and O–H groups in total. The molecule has 1 aliphatic rings. The molecule has 0 spiro atoms. The van der Waals surface area contributed by atoms with Crippen molar-refractivity contribution in [2.75, 3.05) is 0 Å². The number of hydrogen-bond donors (Lipinski definition) is 0. The third-order valence-electron chi connectivity index (χ3n) is 1.82. The minimum Gasteiger partial charge on any atom is -0.269 e. The maximum Gasteiger partial charge on any atom is 1.00 e. The molecular formula is C8H11Na. The van der Waals surface area contributed by atoms with Gasteiger partial charge in [0.1, 0.15) is 0 Å². The fourth-order valence-corrected chi connectivity index (χ4v) is 0.850. The van der Waals surface area contributed by atoms with E-state index in [0.717, 1.165) is 6.42 Å². The van der Waals surface area contributed by atoms with E-state index in [9.17, 15) is 0 Å². The molecule has 0 saturated carbocycles. The third-order valence-corrected chi connectivity index (χ3v) is 1.82. The molecule has 0 aromatic heterocycles. The summed E-state index contributed by atoms with van der Waals surface area (Å²) in [5, 5.41) is 0. The zero-order valence-corrected chi connectivity index (χ0v) is 8.71. The summed E-state index contributed by atoms with van der Waals surface area (Å²) in [4.78, 5) is 0. The summed E-state index contributed by atoms with van der Waals surface area (Å²) >= 11 is 0. The van der Waals surface area contributed by atoms with Crippen molar-refractivity contribution in [1.29, 1.82) is 0 Å². The topological polar surface area (TPSA) is 0 Å². The fraction of sp³-hybridized carbons (Fsp3) is 0.500. The van der Waals surface area contributed by atoms with Crippen LogP contribution in [0, 0.1) is 6.08 Å². The Hall–Kier alpha value is 0.480. The van der Waals surface area contributed by atoms with Gasteiger partial charge in [0.15, 0.2) is 0 Å². The van der Waals surface area contributed by atoms with Crippen molar-refractivity contribution in [3.05, 3.63) is 22.8 Å². The molecule has 0 aliphatic heterocycles. The number of rotatable bonds is 0. The van der Waals surface area contributed by atoms with Crippen molar-refractivity contribution in [2.24, 2.45) is 0 Å². The van der Waals surface area contributed by atoms with E-state index in [2.05, 4.69) is 26.8 Å². The predicted molar refractivity (Wildman–Crippen MR) is 35.4 cm³/mol.